The van der Waals surface area contributed by atoms with Crippen LogP contribution in [0.15, 0.2) is 12.3 Å². The van der Waals surface area contributed by atoms with Crippen molar-refractivity contribution >= 4 is 17.4 Å². The van der Waals surface area contributed by atoms with Gasteiger partial charge in [-0.2, -0.15) is 0 Å². The minimum Gasteiger partial charge on any atom is -0.353 e. The Kier molecular flexibility index (Phi) is 3.89. The van der Waals surface area contributed by atoms with Crippen molar-refractivity contribution in [3.05, 3.63) is 23.6 Å². The second-order valence-corrected chi connectivity index (χ2v) is 5.64. The molecule has 3 rings (SSSR count). The molecule has 1 aromatic rings. The maximum atomic E-state index is 14.3. The molecule has 1 unspecified atom stereocenters. The normalized spacial score (nSPS) is 24.3. The number of fused-ring (bicyclic) bond motifs is 1. The molecule has 2 aliphatic heterocycles. The molecule has 1 aromatic heterocycles. The highest BCUT2D eigenvalue weighted by Crippen LogP contribution is 2.26. The third-order valence-electron chi connectivity index (χ3n) is 4.20. The summed E-state index contributed by atoms with van der Waals surface area (Å²) in [5, 5.41) is 0. The summed E-state index contributed by atoms with van der Waals surface area (Å²) in [6.07, 6.45) is 5.21. The molecule has 104 valence electrons. The predicted octanol–water partition coefficient (Wildman–Crippen LogP) is 2.63. The first kappa shape index (κ1) is 13.1. The van der Waals surface area contributed by atoms with Gasteiger partial charge in [-0.15, -0.1) is 11.6 Å². The second-order valence-electron chi connectivity index (χ2n) is 5.37. The van der Waals surface area contributed by atoms with Gasteiger partial charge in [0.15, 0.2) is 11.6 Å². The van der Waals surface area contributed by atoms with E-state index in [1.807, 2.05) is 0 Å². The first-order valence-corrected chi connectivity index (χ1v) is 7.51. The van der Waals surface area contributed by atoms with Crippen LogP contribution in [0.4, 0.5) is 10.2 Å². The van der Waals surface area contributed by atoms with Gasteiger partial charge in [0.1, 0.15) is 0 Å². The highest BCUT2D eigenvalue weighted by molar-refractivity contribution is 6.17. The molecule has 0 saturated carbocycles. The summed E-state index contributed by atoms with van der Waals surface area (Å²) in [7, 11) is 0. The molecule has 3 nitrogen and oxygen atoms in total. The number of pyridine rings is 1. The molecule has 0 aromatic carbocycles. The summed E-state index contributed by atoms with van der Waals surface area (Å²) in [5.74, 6) is 0.431. The van der Waals surface area contributed by atoms with Crippen molar-refractivity contribution in [3.8, 4) is 0 Å². The number of alkyl halides is 1. The lowest BCUT2D eigenvalue weighted by atomic mass is 10.2. The van der Waals surface area contributed by atoms with E-state index in [0.29, 0.717) is 17.4 Å². The van der Waals surface area contributed by atoms with E-state index in [1.54, 1.807) is 12.3 Å². The number of nitrogens with zero attached hydrogens (tertiary/aromatic N) is 3. The molecule has 0 aliphatic carbocycles. The molecule has 0 radical (unpaired) electrons. The van der Waals surface area contributed by atoms with Gasteiger partial charge < -0.3 is 4.90 Å². The molecule has 1 atom stereocenters. The summed E-state index contributed by atoms with van der Waals surface area (Å²) in [6, 6.07) is 2.22. The van der Waals surface area contributed by atoms with Gasteiger partial charge in [0, 0.05) is 37.4 Å². The standard InChI is InChI=1S/C14H19ClFN3/c15-9-11-4-5-17-14(13(11)16)19-8-2-7-18-6-1-3-12(18)10-19/h4-5,12H,1-3,6-10H2. The van der Waals surface area contributed by atoms with Crippen LogP contribution >= 0.6 is 11.6 Å². The summed E-state index contributed by atoms with van der Waals surface area (Å²) >= 11 is 5.77. The van der Waals surface area contributed by atoms with Crippen molar-refractivity contribution in [1.82, 2.24) is 9.88 Å². The molecule has 2 aliphatic rings. The van der Waals surface area contributed by atoms with E-state index < -0.39 is 0 Å². The van der Waals surface area contributed by atoms with Crippen LogP contribution in [-0.2, 0) is 5.88 Å². The van der Waals surface area contributed by atoms with Crippen molar-refractivity contribution in [2.24, 2.45) is 0 Å². The Balaban J connectivity index is 1.85. The summed E-state index contributed by atoms with van der Waals surface area (Å²) < 4.78 is 14.3. The largest absolute Gasteiger partial charge is 0.353 e. The van der Waals surface area contributed by atoms with Crippen LogP contribution in [0.3, 0.4) is 0 Å². The topological polar surface area (TPSA) is 19.4 Å². The Bertz CT molecular complexity index is 454. The number of halogens is 2. The molecular formula is C14H19ClFN3. The van der Waals surface area contributed by atoms with Crippen LogP contribution in [0.5, 0.6) is 0 Å². The third-order valence-corrected chi connectivity index (χ3v) is 4.49. The summed E-state index contributed by atoms with van der Waals surface area (Å²) in [6.45, 7) is 4.08. The van der Waals surface area contributed by atoms with Crippen molar-refractivity contribution in [3.63, 3.8) is 0 Å². The fourth-order valence-electron chi connectivity index (χ4n) is 3.19. The molecule has 19 heavy (non-hydrogen) atoms. The SMILES string of the molecule is Fc1c(CCl)ccnc1N1CCCN2CCCC2C1. The van der Waals surface area contributed by atoms with E-state index in [1.165, 1.54) is 19.4 Å². The fourth-order valence-corrected chi connectivity index (χ4v) is 3.40. The lowest BCUT2D eigenvalue weighted by molar-refractivity contribution is 0.273. The molecule has 5 heteroatoms. The molecule has 0 spiro atoms. The van der Waals surface area contributed by atoms with Gasteiger partial charge in [0.25, 0.3) is 0 Å². The van der Waals surface area contributed by atoms with Crippen molar-refractivity contribution in [2.75, 3.05) is 31.1 Å². The third kappa shape index (κ3) is 2.56. The van der Waals surface area contributed by atoms with Crippen molar-refractivity contribution in [1.29, 1.82) is 0 Å². The average molecular weight is 284 g/mol. The number of anilines is 1. The monoisotopic (exact) mass is 283 g/mol. The maximum absolute atomic E-state index is 14.3. The predicted molar refractivity (Wildman–Crippen MR) is 75.2 cm³/mol. The Morgan fingerprint density at radius 1 is 1.32 bits per heavy atom. The number of hydrogen-bond donors (Lipinski definition) is 0. The second kappa shape index (κ2) is 5.63. The van der Waals surface area contributed by atoms with Gasteiger partial charge >= 0.3 is 0 Å². The van der Waals surface area contributed by atoms with Gasteiger partial charge in [-0.05, 0) is 31.9 Å². The van der Waals surface area contributed by atoms with E-state index in [0.717, 1.165) is 26.1 Å². The van der Waals surface area contributed by atoms with Crippen LogP contribution in [-0.4, -0.2) is 42.1 Å². The van der Waals surface area contributed by atoms with E-state index in [-0.39, 0.29) is 11.7 Å². The fraction of sp³-hybridized carbons (Fsp3) is 0.643. The van der Waals surface area contributed by atoms with Gasteiger partial charge in [0.2, 0.25) is 0 Å². The van der Waals surface area contributed by atoms with Crippen LogP contribution in [0.25, 0.3) is 0 Å². The van der Waals surface area contributed by atoms with E-state index in [9.17, 15) is 4.39 Å². The molecule has 2 saturated heterocycles. The summed E-state index contributed by atoms with van der Waals surface area (Å²) in [4.78, 5) is 8.87. The Morgan fingerprint density at radius 3 is 3.00 bits per heavy atom. The first-order chi connectivity index (χ1) is 9.29. The molecular weight excluding hydrogens is 265 g/mol. The minimum absolute atomic E-state index is 0.199. The van der Waals surface area contributed by atoms with Gasteiger partial charge in [-0.1, -0.05) is 0 Å². The number of aromatic nitrogens is 1. The zero-order valence-electron chi connectivity index (χ0n) is 11.0. The molecule has 0 bridgehead atoms. The Hall–Kier alpha value is -0.870. The van der Waals surface area contributed by atoms with Crippen molar-refractivity contribution < 1.29 is 4.39 Å². The van der Waals surface area contributed by atoms with Gasteiger partial charge in [0.05, 0.1) is 5.88 Å². The van der Waals surface area contributed by atoms with E-state index in [2.05, 4.69) is 14.8 Å². The quantitative estimate of drug-likeness (QED) is 0.778. The average Bonchev–Trinajstić information content (AvgIpc) is 2.77. The molecule has 3 heterocycles. The molecule has 0 amide bonds. The zero-order chi connectivity index (χ0) is 13.2. The highest BCUT2D eigenvalue weighted by atomic mass is 35.5. The van der Waals surface area contributed by atoms with Gasteiger partial charge in [-0.3, -0.25) is 4.90 Å². The number of hydrogen-bond acceptors (Lipinski definition) is 3. The van der Waals surface area contributed by atoms with Crippen LogP contribution in [0, 0.1) is 5.82 Å². The molecule has 2 fully saturated rings. The van der Waals surface area contributed by atoms with E-state index in [4.69, 9.17) is 11.6 Å². The maximum Gasteiger partial charge on any atom is 0.170 e. The minimum atomic E-state index is -0.246. The zero-order valence-corrected chi connectivity index (χ0v) is 11.7. The van der Waals surface area contributed by atoms with Crippen molar-refractivity contribution in [2.45, 2.75) is 31.2 Å². The first-order valence-electron chi connectivity index (χ1n) is 6.98. The lowest BCUT2D eigenvalue weighted by Crippen LogP contribution is -2.37. The molecule has 0 N–H and O–H groups in total. The van der Waals surface area contributed by atoms with Crippen LogP contribution < -0.4 is 4.90 Å². The van der Waals surface area contributed by atoms with E-state index >= 15 is 0 Å². The van der Waals surface area contributed by atoms with Crippen LogP contribution in [0.1, 0.15) is 24.8 Å². The Labute approximate surface area is 118 Å². The lowest BCUT2D eigenvalue weighted by Gasteiger charge is -2.27. The summed E-state index contributed by atoms with van der Waals surface area (Å²) in [5.41, 5.74) is 0.541. The number of rotatable bonds is 2. The highest BCUT2D eigenvalue weighted by Gasteiger charge is 2.30. The smallest absolute Gasteiger partial charge is 0.170 e. The van der Waals surface area contributed by atoms with Crippen LogP contribution in [0.2, 0.25) is 0 Å². The van der Waals surface area contributed by atoms with Gasteiger partial charge in [-0.25, -0.2) is 9.37 Å². The Morgan fingerprint density at radius 2 is 2.16 bits per heavy atom.